The number of carbonyl (C=O) groups excluding carboxylic acids is 1. The van der Waals surface area contributed by atoms with Gasteiger partial charge < -0.3 is 14.4 Å². The minimum absolute atomic E-state index is 0.0238. The number of thiazole rings is 1. The summed E-state index contributed by atoms with van der Waals surface area (Å²) in [6.07, 6.45) is 2.00. The highest BCUT2D eigenvalue weighted by molar-refractivity contribution is 7.07. The van der Waals surface area contributed by atoms with Gasteiger partial charge in [-0.05, 0) is 36.6 Å². The molecule has 4 rings (SSSR count). The molecule has 2 aromatic carbocycles. The lowest BCUT2D eigenvalue weighted by atomic mass is 10.0. The Labute approximate surface area is 168 Å². The quantitative estimate of drug-likeness (QED) is 0.608. The van der Waals surface area contributed by atoms with Gasteiger partial charge in [0.15, 0.2) is 11.5 Å². The van der Waals surface area contributed by atoms with Crippen LogP contribution >= 0.6 is 11.3 Å². The fraction of sp³-hybridized carbons (Fsp3) is 0.273. The number of rotatable bonds is 6. The highest BCUT2D eigenvalue weighted by Crippen LogP contribution is 2.35. The summed E-state index contributed by atoms with van der Waals surface area (Å²) in [5, 5.41) is 1.95. The topological polar surface area (TPSA) is 51.7 Å². The Bertz CT molecular complexity index is 928. The number of amides is 1. The molecule has 1 amide bonds. The average molecular weight is 394 g/mol. The van der Waals surface area contributed by atoms with E-state index in [0.29, 0.717) is 23.7 Å². The number of benzene rings is 2. The maximum Gasteiger partial charge on any atom is 0.254 e. The number of ether oxygens (including phenoxy) is 2. The fourth-order valence-electron chi connectivity index (χ4n) is 3.58. The summed E-state index contributed by atoms with van der Waals surface area (Å²) < 4.78 is 11.3. The van der Waals surface area contributed by atoms with Crippen molar-refractivity contribution in [1.82, 2.24) is 9.88 Å². The lowest BCUT2D eigenvalue weighted by molar-refractivity contribution is 0.0735. The van der Waals surface area contributed by atoms with Crippen molar-refractivity contribution >= 4 is 17.2 Å². The van der Waals surface area contributed by atoms with Crippen LogP contribution in [0.15, 0.2) is 59.4 Å². The number of nitrogens with zero attached hydrogens (tertiary/aromatic N) is 2. The Morgan fingerprint density at radius 2 is 2.07 bits per heavy atom. The summed E-state index contributed by atoms with van der Waals surface area (Å²) in [5.41, 5.74) is 4.44. The predicted molar refractivity (Wildman–Crippen MR) is 109 cm³/mol. The molecule has 6 heteroatoms. The molecule has 0 aliphatic carbocycles. The summed E-state index contributed by atoms with van der Waals surface area (Å²) in [4.78, 5) is 19.3. The molecule has 144 valence electrons. The van der Waals surface area contributed by atoms with Gasteiger partial charge in [-0.1, -0.05) is 30.3 Å². The van der Waals surface area contributed by atoms with Crippen molar-refractivity contribution in [3.63, 3.8) is 0 Å². The Morgan fingerprint density at radius 3 is 2.82 bits per heavy atom. The van der Waals surface area contributed by atoms with E-state index in [1.54, 1.807) is 24.8 Å². The van der Waals surface area contributed by atoms with E-state index in [1.165, 1.54) is 16.9 Å². The van der Waals surface area contributed by atoms with Gasteiger partial charge in [0, 0.05) is 17.5 Å². The average Bonchev–Trinajstić information content (AvgIpc) is 3.44. The summed E-state index contributed by atoms with van der Waals surface area (Å²) in [7, 11) is 1.59. The molecule has 28 heavy (non-hydrogen) atoms. The second-order valence-corrected chi connectivity index (χ2v) is 7.42. The lowest BCUT2D eigenvalue weighted by Gasteiger charge is -2.25. The Morgan fingerprint density at radius 1 is 1.21 bits per heavy atom. The van der Waals surface area contributed by atoms with Crippen LogP contribution < -0.4 is 9.47 Å². The van der Waals surface area contributed by atoms with E-state index in [2.05, 4.69) is 17.1 Å². The summed E-state index contributed by atoms with van der Waals surface area (Å²) in [5.74, 6) is 1.18. The first-order chi connectivity index (χ1) is 13.8. The molecule has 0 saturated carbocycles. The third-order valence-corrected chi connectivity index (χ3v) is 5.60. The van der Waals surface area contributed by atoms with Gasteiger partial charge in [-0.15, -0.1) is 11.3 Å². The first kappa shape index (κ1) is 18.5. The van der Waals surface area contributed by atoms with E-state index in [1.807, 2.05) is 34.5 Å². The van der Waals surface area contributed by atoms with Gasteiger partial charge in [0.25, 0.3) is 5.91 Å². The van der Waals surface area contributed by atoms with Gasteiger partial charge in [-0.3, -0.25) is 4.79 Å². The van der Waals surface area contributed by atoms with Crippen molar-refractivity contribution in [3.05, 3.63) is 76.2 Å². The molecule has 0 N–H and O–H groups in total. The molecular formula is C22H22N2O3S. The van der Waals surface area contributed by atoms with Gasteiger partial charge in [-0.2, -0.15) is 0 Å². The van der Waals surface area contributed by atoms with Gasteiger partial charge in [0.05, 0.1) is 24.4 Å². The Kier molecular flexibility index (Phi) is 5.58. The largest absolute Gasteiger partial charge is 0.493 e. The Balaban J connectivity index is 1.52. The highest BCUT2D eigenvalue weighted by atomic mass is 32.1. The fourth-order valence-corrected chi connectivity index (χ4v) is 4.12. The highest BCUT2D eigenvalue weighted by Gasteiger charge is 2.30. The minimum Gasteiger partial charge on any atom is -0.493 e. The number of likely N-dealkylation sites (tertiary alicyclic amines) is 1. The molecule has 0 spiro atoms. The first-order valence-electron chi connectivity index (χ1n) is 9.30. The van der Waals surface area contributed by atoms with E-state index < -0.39 is 0 Å². The second-order valence-electron chi connectivity index (χ2n) is 6.70. The number of hydrogen-bond acceptors (Lipinski definition) is 5. The van der Waals surface area contributed by atoms with E-state index in [9.17, 15) is 4.79 Å². The van der Waals surface area contributed by atoms with Crippen molar-refractivity contribution in [3.8, 4) is 11.5 Å². The molecule has 1 fully saturated rings. The molecule has 5 nitrogen and oxygen atoms in total. The van der Waals surface area contributed by atoms with Gasteiger partial charge in [-0.25, -0.2) is 4.98 Å². The molecule has 3 aromatic rings. The number of aromatic nitrogens is 1. The Hall–Kier alpha value is -2.86. The smallest absolute Gasteiger partial charge is 0.254 e. The molecule has 0 bridgehead atoms. The minimum atomic E-state index is 0.0238. The van der Waals surface area contributed by atoms with Gasteiger partial charge in [0.2, 0.25) is 0 Å². The molecule has 2 heterocycles. The van der Waals surface area contributed by atoms with Crippen LogP contribution in [0.1, 0.15) is 40.5 Å². The zero-order valence-electron chi connectivity index (χ0n) is 15.7. The maximum absolute atomic E-state index is 13.2. The summed E-state index contributed by atoms with van der Waals surface area (Å²) in [6.45, 7) is 1.14. The monoisotopic (exact) mass is 394 g/mol. The maximum atomic E-state index is 13.2. The first-order valence-corrected chi connectivity index (χ1v) is 10.2. The van der Waals surface area contributed by atoms with Gasteiger partial charge >= 0.3 is 0 Å². The summed E-state index contributed by atoms with van der Waals surface area (Å²) in [6, 6.07) is 15.7. The van der Waals surface area contributed by atoms with Crippen molar-refractivity contribution in [1.29, 1.82) is 0 Å². The van der Waals surface area contributed by atoms with Crippen LogP contribution in [-0.4, -0.2) is 29.4 Å². The molecule has 1 aromatic heterocycles. The zero-order chi connectivity index (χ0) is 19.3. The SMILES string of the molecule is COc1cc(C(=O)N2CCCC2c2ccccc2)ccc1OCc1cscn1. The number of carbonyl (C=O) groups is 1. The van der Waals surface area contributed by atoms with Crippen LogP contribution in [0.25, 0.3) is 0 Å². The third-order valence-electron chi connectivity index (χ3n) is 4.97. The van der Waals surface area contributed by atoms with Gasteiger partial charge in [0.1, 0.15) is 6.61 Å². The predicted octanol–water partition coefficient (Wildman–Crippen LogP) is 4.71. The van der Waals surface area contributed by atoms with Crippen LogP contribution in [0.3, 0.4) is 0 Å². The van der Waals surface area contributed by atoms with E-state index in [4.69, 9.17) is 9.47 Å². The van der Waals surface area contributed by atoms with Crippen molar-refractivity contribution in [2.75, 3.05) is 13.7 Å². The van der Waals surface area contributed by atoms with Crippen molar-refractivity contribution in [2.45, 2.75) is 25.5 Å². The third kappa shape index (κ3) is 3.87. The van der Waals surface area contributed by atoms with Crippen LogP contribution in [0.4, 0.5) is 0 Å². The molecule has 1 saturated heterocycles. The van der Waals surface area contributed by atoms with Crippen LogP contribution in [0.5, 0.6) is 11.5 Å². The number of hydrogen-bond donors (Lipinski definition) is 0. The number of methoxy groups -OCH3 is 1. The molecule has 0 radical (unpaired) electrons. The lowest BCUT2D eigenvalue weighted by Crippen LogP contribution is -2.30. The van der Waals surface area contributed by atoms with E-state index in [0.717, 1.165) is 25.1 Å². The van der Waals surface area contributed by atoms with Crippen LogP contribution in [0, 0.1) is 0 Å². The zero-order valence-corrected chi connectivity index (χ0v) is 16.5. The van der Waals surface area contributed by atoms with Crippen molar-refractivity contribution in [2.24, 2.45) is 0 Å². The van der Waals surface area contributed by atoms with Crippen LogP contribution in [-0.2, 0) is 6.61 Å². The molecule has 1 aliphatic heterocycles. The van der Waals surface area contributed by atoms with Crippen LogP contribution in [0.2, 0.25) is 0 Å². The van der Waals surface area contributed by atoms with Crippen molar-refractivity contribution < 1.29 is 14.3 Å². The normalized spacial score (nSPS) is 16.2. The second kappa shape index (κ2) is 8.44. The molecule has 1 atom stereocenters. The molecule has 1 aliphatic rings. The van der Waals surface area contributed by atoms with E-state index in [-0.39, 0.29) is 11.9 Å². The molecular weight excluding hydrogens is 372 g/mol. The summed E-state index contributed by atoms with van der Waals surface area (Å²) >= 11 is 1.53. The standard InChI is InChI=1S/C22H22N2O3S/c1-26-21-12-17(9-10-20(21)27-13-18-14-28-15-23-18)22(25)24-11-5-8-19(24)16-6-3-2-4-7-16/h2-4,6-7,9-10,12,14-15,19H,5,8,11,13H2,1H3. The molecule has 1 unspecified atom stereocenters. The van der Waals surface area contributed by atoms with E-state index >= 15 is 0 Å².